The van der Waals surface area contributed by atoms with Crippen molar-refractivity contribution in [3.63, 3.8) is 0 Å². The summed E-state index contributed by atoms with van der Waals surface area (Å²) in [6.07, 6.45) is 9.02. The van der Waals surface area contributed by atoms with Crippen molar-refractivity contribution in [3.05, 3.63) is 35.4 Å². The molecule has 0 saturated heterocycles. The first-order valence-electron chi connectivity index (χ1n) is 8.07. The van der Waals surface area contributed by atoms with Crippen molar-refractivity contribution in [1.82, 2.24) is 0 Å². The van der Waals surface area contributed by atoms with Crippen molar-refractivity contribution in [2.75, 3.05) is 0 Å². The zero-order valence-electron chi connectivity index (χ0n) is 11.6. The number of benzene rings is 1. The second-order valence-electron chi connectivity index (χ2n) is 7.08. The van der Waals surface area contributed by atoms with Crippen molar-refractivity contribution in [2.45, 2.75) is 57.0 Å². The molecule has 4 rings (SSSR count). The molecule has 0 aliphatic heterocycles. The fraction of sp³-hybridized carbons (Fsp3) is 0.667. The zero-order valence-corrected chi connectivity index (χ0v) is 11.6. The summed E-state index contributed by atoms with van der Waals surface area (Å²) < 4.78 is 0. The van der Waals surface area contributed by atoms with E-state index < -0.39 is 0 Å². The third-order valence-corrected chi connectivity index (χ3v) is 6.07. The Morgan fingerprint density at radius 1 is 1.11 bits per heavy atom. The first-order chi connectivity index (χ1) is 9.31. The number of aliphatic hydroxyl groups is 1. The lowest BCUT2D eigenvalue weighted by atomic mass is 9.81. The van der Waals surface area contributed by atoms with Gasteiger partial charge in [-0.1, -0.05) is 30.7 Å². The minimum absolute atomic E-state index is 0.104. The predicted molar refractivity (Wildman–Crippen MR) is 77.1 cm³/mol. The molecule has 5 unspecified atom stereocenters. The van der Waals surface area contributed by atoms with E-state index in [9.17, 15) is 5.11 Å². The van der Waals surface area contributed by atoms with Crippen LogP contribution in [-0.4, -0.2) is 11.2 Å². The Morgan fingerprint density at radius 3 is 2.79 bits per heavy atom. The molecule has 1 nitrogen and oxygen atoms in total. The van der Waals surface area contributed by atoms with Crippen LogP contribution in [0.25, 0.3) is 0 Å². The van der Waals surface area contributed by atoms with E-state index in [4.69, 9.17) is 0 Å². The van der Waals surface area contributed by atoms with Gasteiger partial charge in [0.2, 0.25) is 0 Å². The number of fused-ring (bicyclic) bond motifs is 3. The molecule has 0 spiro atoms. The molecule has 0 radical (unpaired) electrons. The van der Waals surface area contributed by atoms with E-state index in [-0.39, 0.29) is 6.10 Å². The molecule has 5 atom stereocenters. The monoisotopic (exact) mass is 256 g/mol. The molecular weight excluding hydrogens is 232 g/mol. The van der Waals surface area contributed by atoms with Crippen molar-refractivity contribution in [2.24, 2.45) is 17.8 Å². The van der Waals surface area contributed by atoms with Gasteiger partial charge in [-0.2, -0.15) is 0 Å². The molecule has 1 aromatic rings. The molecule has 0 amide bonds. The van der Waals surface area contributed by atoms with Crippen LogP contribution < -0.4 is 0 Å². The maximum atomic E-state index is 10.7. The van der Waals surface area contributed by atoms with Crippen molar-refractivity contribution >= 4 is 0 Å². The van der Waals surface area contributed by atoms with Gasteiger partial charge in [0.05, 0.1) is 6.10 Å². The van der Waals surface area contributed by atoms with Crippen LogP contribution in [0.5, 0.6) is 0 Å². The molecule has 102 valence electrons. The van der Waals surface area contributed by atoms with Gasteiger partial charge in [-0.05, 0) is 67.4 Å². The lowest BCUT2D eigenvalue weighted by Gasteiger charge is -2.27. The summed E-state index contributed by atoms with van der Waals surface area (Å²) >= 11 is 0. The van der Waals surface area contributed by atoms with E-state index in [0.717, 1.165) is 37.0 Å². The van der Waals surface area contributed by atoms with Gasteiger partial charge in [-0.15, -0.1) is 0 Å². The summed E-state index contributed by atoms with van der Waals surface area (Å²) in [5.74, 6) is 3.17. The summed E-state index contributed by atoms with van der Waals surface area (Å²) in [6, 6.07) is 8.72. The topological polar surface area (TPSA) is 20.2 Å². The lowest BCUT2D eigenvalue weighted by Crippen LogP contribution is -2.23. The highest BCUT2D eigenvalue weighted by atomic mass is 16.3. The second-order valence-corrected chi connectivity index (χ2v) is 7.08. The molecule has 2 bridgehead atoms. The van der Waals surface area contributed by atoms with E-state index in [1.54, 1.807) is 0 Å². The minimum atomic E-state index is -0.104. The maximum Gasteiger partial charge on any atom is 0.0611 e. The molecule has 2 fully saturated rings. The first-order valence-corrected chi connectivity index (χ1v) is 8.07. The maximum absolute atomic E-state index is 10.7. The highest BCUT2D eigenvalue weighted by Gasteiger charge is 2.41. The Morgan fingerprint density at radius 2 is 2.00 bits per heavy atom. The number of hydrogen-bond donors (Lipinski definition) is 1. The summed E-state index contributed by atoms with van der Waals surface area (Å²) in [4.78, 5) is 0. The van der Waals surface area contributed by atoms with Gasteiger partial charge in [0, 0.05) is 5.92 Å². The Hall–Kier alpha value is -0.820. The average molecular weight is 256 g/mol. The summed E-state index contributed by atoms with van der Waals surface area (Å²) in [6.45, 7) is 0. The quantitative estimate of drug-likeness (QED) is 0.869. The SMILES string of the molecule is OC(CC1CC2CCC1C2)C1CCc2ccccc21. The number of rotatable bonds is 3. The van der Waals surface area contributed by atoms with Gasteiger partial charge in [0.25, 0.3) is 0 Å². The Bertz CT molecular complexity index is 467. The second kappa shape index (κ2) is 4.63. The highest BCUT2D eigenvalue weighted by Crippen LogP contribution is 2.51. The molecule has 1 heteroatoms. The summed E-state index contributed by atoms with van der Waals surface area (Å²) in [5, 5.41) is 10.7. The van der Waals surface area contributed by atoms with Crippen molar-refractivity contribution in [3.8, 4) is 0 Å². The van der Waals surface area contributed by atoms with E-state index >= 15 is 0 Å². The van der Waals surface area contributed by atoms with Crippen LogP contribution in [0.2, 0.25) is 0 Å². The first kappa shape index (κ1) is 12.0. The normalized spacial score (nSPS) is 37.5. The molecule has 3 aliphatic rings. The molecule has 0 heterocycles. The summed E-state index contributed by atoms with van der Waals surface area (Å²) in [7, 11) is 0. The molecule has 1 aromatic carbocycles. The number of hydrogen-bond acceptors (Lipinski definition) is 1. The third kappa shape index (κ3) is 2.03. The number of aliphatic hydroxyl groups excluding tert-OH is 1. The van der Waals surface area contributed by atoms with Gasteiger partial charge in [-0.3, -0.25) is 0 Å². The highest BCUT2D eigenvalue weighted by molar-refractivity contribution is 5.35. The molecule has 1 N–H and O–H groups in total. The van der Waals surface area contributed by atoms with Gasteiger partial charge >= 0.3 is 0 Å². The fourth-order valence-electron chi connectivity index (χ4n) is 5.13. The Balaban J connectivity index is 1.46. The summed E-state index contributed by atoms with van der Waals surface area (Å²) in [5.41, 5.74) is 2.90. The van der Waals surface area contributed by atoms with Crippen LogP contribution in [0.15, 0.2) is 24.3 Å². The van der Waals surface area contributed by atoms with Gasteiger partial charge in [-0.25, -0.2) is 0 Å². The Labute approximate surface area is 116 Å². The van der Waals surface area contributed by atoms with E-state index in [2.05, 4.69) is 24.3 Å². The third-order valence-electron chi connectivity index (χ3n) is 6.07. The minimum Gasteiger partial charge on any atom is -0.392 e. The van der Waals surface area contributed by atoms with Crippen LogP contribution in [0.4, 0.5) is 0 Å². The van der Waals surface area contributed by atoms with Crippen molar-refractivity contribution < 1.29 is 5.11 Å². The van der Waals surface area contributed by atoms with Gasteiger partial charge < -0.3 is 5.11 Å². The largest absolute Gasteiger partial charge is 0.392 e. The van der Waals surface area contributed by atoms with Crippen LogP contribution in [0, 0.1) is 17.8 Å². The van der Waals surface area contributed by atoms with Gasteiger partial charge in [0.15, 0.2) is 0 Å². The lowest BCUT2D eigenvalue weighted by molar-refractivity contribution is 0.0990. The smallest absolute Gasteiger partial charge is 0.0611 e. The van der Waals surface area contributed by atoms with Crippen LogP contribution in [-0.2, 0) is 6.42 Å². The van der Waals surface area contributed by atoms with E-state index in [0.29, 0.717) is 5.92 Å². The predicted octanol–water partition coefficient (Wildman–Crippen LogP) is 3.90. The zero-order chi connectivity index (χ0) is 12.8. The standard InChI is InChI=1S/C18H24O/c19-18(11-15-10-12-5-6-14(15)9-12)17-8-7-13-3-1-2-4-16(13)17/h1-4,12,14-15,17-19H,5-11H2. The molecule has 19 heavy (non-hydrogen) atoms. The molecule has 0 aromatic heterocycles. The van der Waals surface area contributed by atoms with Crippen LogP contribution in [0.3, 0.4) is 0 Å². The molecule has 2 saturated carbocycles. The number of aryl methyl sites for hydroxylation is 1. The van der Waals surface area contributed by atoms with Crippen molar-refractivity contribution in [1.29, 1.82) is 0 Å². The Kier molecular flexibility index (Phi) is 2.91. The molecule has 3 aliphatic carbocycles. The molecular formula is C18H24O. The van der Waals surface area contributed by atoms with Crippen LogP contribution >= 0.6 is 0 Å². The van der Waals surface area contributed by atoms with Gasteiger partial charge in [0.1, 0.15) is 0 Å². The fourth-order valence-corrected chi connectivity index (χ4v) is 5.13. The van der Waals surface area contributed by atoms with Crippen LogP contribution in [0.1, 0.15) is 55.6 Å². The average Bonchev–Trinajstić information content (AvgIpc) is 3.13. The van der Waals surface area contributed by atoms with E-state index in [1.807, 2.05) is 0 Å². The van der Waals surface area contributed by atoms with E-state index in [1.165, 1.54) is 36.8 Å².